The summed E-state index contributed by atoms with van der Waals surface area (Å²) in [5.74, 6) is -0.277. The SMILES string of the molecule is Fc1cccc2ncc(Cc3ccc4nc(N5CCCCC5)sc4c3)n12. The van der Waals surface area contributed by atoms with Crippen molar-refractivity contribution >= 4 is 32.3 Å². The van der Waals surface area contributed by atoms with E-state index in [1.54, 1.807) is 28.0 Å². The quantitative estimate of drug-likeness (QED) is 0.494. The van der Waals surface area contributed by atoms with Crippen LogP contribution in [0.1, 0.15) is 30.5 Å². The molecule has 0 amide bonds. The highest BCUT2D eigenvalue weighted by Crippen LogP contribution is 2.31. The lowest BCUT2D eigenvalue weighted by atomic mass is 10.1. The fourth-order valence-corrected chi connectivity index (χ4v) is 4.76. The molecular formula is C20H19FN4S. The molecule has 1 saturated heterocycles. The minimum absolute atomic E-state index is 0.277. The minimum atomic E-state index is -0.277. The summed E-state index contributed by atoms with van der Waals surface area (Å²) in [4.78, 5) is 11.5. The molecule has 0 N–H and O–H groups in total. The molecule has 4 aromatic rings. The van der Waals surface area contributed by atoms with Crippen LogP contribution in [-0.2, 0) is 6.42 Å². The van der Waals surface area contributed by atoms with Gasteiger partial charge >= 0.3 is 0 Å². The van der Waals surface area contributed by atoms with E-state index in [1.807, 2.05) is 6.07 Å². The van der Waals surface area contributed by atoms with Crippen LogP contribution in [0.5, 0.6) is 0 Å². The number of anilines is 1. The summed E-state index contributed by atoms with van der Waals surface area (Å²) in [6.45, 7) is 2.21. The van der Waals surface area contributed by atoms with Gasteiger partial charge in [-0.3, -0.25) is 4.40 Å². The number of benzene rings is 1. The van der Waals surface area contributed by atoms with Gasteiger partial charge in [0, 0.05) is 31.4 Å². The molecule has 3 aromatic heterocycles. The number of thiazole rings is 1. The molecule has 0 spiro atoms. The van der Waals surface area contributed by atoms with Gasteiger partial charge in [-0.2, -0.15) is 4.39 Å². The molecule has 1 aromatic carbocycles. The van der Waals surface area contributed by atoms with Crippen LogP contribution in [0, 0.1) is 5.95 Å². The topological polar surface area (TPSA) is 33.4 Å². The number of halogens is 1. The van der Waals surface area contributed by atoms with E-state index in [9.17, 15) is 4.39 Å². The van der Waals surface area contributed by atoms with Gasteiger partial charge in [-0.05, 0) is 49.1 Å². The van der Waals surface area contributed by atoms with Crippen molar-refractivity contribution in [2.75, 3.05) is 18.0 Å². The van der Waals surface area contributed by atoms with Crippen LogP contribution >= 0.6 is 11.3 Å². The molecule has 0 aliphatic carbocycles. The fourth-order valence-electron chi connectivity index (χ4n) is 3.68. The first-order chi connectivity index (χ1) is 12.8. The van der Waals surface area contributed by atoms with E-state index >= 15 is 0 Å². The number of nitrogens with zero attached hydrogens (tertiary/aromatic N) is 4. The lowest BCUT2D eigenvalue weighted by Gasteiger charge is -2.25. The normalized spacial score (nSPS) is 15.2. The Kier molecular flexibility index (Phi) is 3.85. The molecule has 0 saturated carbocycles. The summed E-state index contributed by atoms with van der Waals surface area (Å²) >= 11 is 1.76. The van der Waals surface area contributed by atoms with Gasteiger partial charge in [-0.25, -0.2) is 9.97 Å². The molecular weight excluding hydrogens is 347 g/mol. The van der Waals surface area contributed by atoms with Crippen molar-refractivity contribution in [1.29, 1.82) is 0 Å². The molecule has 1 fully saturated rings. The van der Waals surface area contributed by atoms with Gasteiger partial charge in [0.05, 0.1) is 10.2 Å². The van der Waals surface area contributed by atoms with Crippen molar-refractivity contribution in [3.05, 3.63) is 59.8 Å². The lowest BCUT2D eigenvalue weighted by molar-refractivity contribution is 0.562. The third-order valence-electron chi connectivity index (χ3n) is 5.01. The fraction of sp³-hybridized carbons (Fsp3) is 0.300. The maximum absolute atomic E-state index is 14.2. The second-order valence-corrected chi connectivity index (χ2v) is 7.82. The van der Waals surface area contributed by atoms with Crippen LogP contribution < -0.4 is 4.90 Å². The van der Waals surface area contributed by atoms with Gasteiger partial charge in [0.25, 0.3) is 0 Å². The zero-order valence-electron chi connectivity index (χ0n) is 14.4. The number of piperidine rings is 1. The predicted molar refractivity (Wildman–Crippen MR) is 104 cm³/mol. The molecule has 0 bridgehead atoms. The van der Waals surface area contributed by atoms with E-state index in [-0.39, 0.29) is 5.95 Å². The second-order valence-electron chi connectivity index (χ2n) is 6.81. The Hall–Kier alpha value is -2.47. The standard InChI is InChI=1S/C20H19FN4S/c21-18-5-4-6-19-22-13-15(25(18)19)11-14-7-8-16-17(12-14)26-20(23-16)24-9-2-1-3-10-24/h4-8,12-13H,1-3,9-11H2. The molecule has 5 rings (SSSR count). The van der Waals surface area contributed by atoms with Crippen molar-refractivity contribution in [1.82, 2.24) is 14.4 Å². The number of fused-ring (bicyclic) bond motifs is 2. The molecule has 1 aliphatic heterocycles. The molecule has 0 unspecified atom stereocenters. The second kappa shape index (κ2) is 6.36. The van der Waals surface area contributed by atoms with Crippen LogP contribution in [0.15, 0.2) is 42.6 Å². The summed E-state index contributed by atoms with van der Waals surface area (Å²) in [5.41, 5.74) is 3.70. The molecule has 4 heterocycles. The van der Waals surface area contributed by atoms with E-state index < -0.39 is 0 Å². The van der Waals surface area contributed by atoms with E-state index in [0.717, 1.165) is 35.0 Å². The number of imidazole rings is 1. The first-order valence-corrected chi connectivity index (χ1v) is 9.85. The molecule has 6 heteroatoms. The number of hydrogen-bond acceptors (Lipinski definition) is 4. The Morgan fingerprint density at radius 2 is 1.96 bits per heavy atom. The average molecular weight is 366 g/mol. The van der Waals surface area contributed by atoms with Gasteiger partial charge in [0.2, 0.25) is 0 Å². The largest absolute Gasteiger partial charge is 0.348 e. The number of rotatable bonds is 3. The maximum atomic E-state index is 14.2. The Morgan fingerprint density at radius 3 is 2.85 bits per heavy atom. The van der Waals surface area contributed by atoms with Crippen molar-refractivity contribution in [2.45, 2.75) is 25.7 Å². The van der Waals surface area contributed by atoms with Gasteiger partial charge < -0.3 is 4.90 Å². The average Bonchev–Trinajstić information content (AvgIpc) is 3.27. The number of aromatic nitrogens is 3. The summed E-state index contributed by atoms with van der Waals surface area (Å²) in [5, 5.41) is 1.12. The van der Waals surface area contributed by atoms with Gasteiger partial charge in [-0.15, -0.1) is 0 Å². The predicted octanol–water partition coefficient (Wildman–Crippen LogP) is 4.66. The monoisotopic (exact) mass is 366 g/mol. The lowest BCUT2D eigenvalue weighted by Crippen LogP contribution is -2.29. The first-order valence-electron chi connectivity index (χ1n) is 9.03. The Morgan fingerprint density at radius 1 is 1.08 bits per heavy atom. The molecule has 0 radical (unpaired) electrons. The van der Waals surface area contributed by atoms with E-state index in [1.165, 1.54) is 30.0 Å². The van der Waals surface area contributed by atoms with Crippen LogP contribution in [-0.4, -0.2) is 27.5 Å². The molecule has 4 nitrogen and oxygen atoms in total. The van der Waals surface area contributed by atoms with E-state index in [4.69, 9.17) is 4.98 Å². The van der Waals surface area contributed by atoms with Gasteiger partial charge in [0.15, 0.2) is 11.1 Å². The maximum Gasteiger partial charge on any atom is 0.199 e. The third kappa shape index (κ3) is 2.74. The van der Waals surface area contributed by atoms with Crippen molar-refractivity contribution < 1.29 is 4.39 Å². The summed E-state index contributed by atoms with van der Waals surface area (Å²) in [7, 11) is 0. The van der Waals surface area contributed by atoms with Crippen LogP contribution in [0.3, 0.4) is 0 Å². The highest BCUT2D eigenvalue weighted by molar-refractivity contribution is 7.22. The summed E-state index contributed by atoms with van der Waals surface area (Å²) < 4.78 is 16.9. The van der Waals surface area contributed by atoms with Crippen molar-refractivity contribution in [3.63, 3.8) is 0 Å². The number of hydrogen-bond donors (Lipinski definition) is 0. The van der Waals surface area contributed by atoms with E-state index in [2.05, 4.69) is 28.1 Å². The molecule has 1 aliphatic rings. The molecule has 26 heavy (non-hydrogen) atoms. The van der Waals surface area contributed by atoms with Crippen LogP contribution in [0.4, 0.5) is 9.52 Å². The zero-order valence-corrected chi connectivity index (χ0v) is 15.2. The van der Waals surface area contributed by atoms with Gasteiger partial charge in [0.1, 0.15) is 5.65 Å². The van der Waals surface area contributed by atoms with Crippen LogP contribution in [0.25, 0.3) is 15.9 Å². The summed E-state index contributed by atoms with van der Waals surface area (Å²) in [6, 6.07) is 11.3. The third-order valence-corrected chi connectivity index (χ3v) is 6.09. The highest BCUT2D eigenvalue weighted by atomic mass is 32.1. The summed E-state index contributed by atoms with van der Waals surface area (Å²) in [6.07, 6.45) is 6.23. The van der Waals surface area contributed by atoms with Crippen LogP contribution in [0.2, 0.25) is 0 Å². The Bertz CT molecular complexity index is 1080. The molecule has 0 atom stereocenters. The van der Waals surface area contributed by atoms with Crippen molar-refractivity contribution in [3.8, 4) is 0 Å². The first kappa shape index (κ1) is 15.8. The Labute approximate surface area is 154 Å². The zero-order chi connectivity index (χ0) is 17.5. The highest BCUT2D eigenvalue weighted by Gasteiger charge is 2.15. The minimum Gasteiger partial charge on any atom is -0.348 e. The van der Waals surface area contributed by atoms with E-state index in [0.29, 0.717) is 12.1 Å². The van der Waals surface area contributed by atoms with Gasteiger partial charge in [-0.1, -0.05) is 23.5 Å². The smallest absolute Gasteiger partial charge is 0.199 e. The Balaban J connectivity index is 1.47. The molecule has 132 valence electrons. The van der Waals surface area contributed by atoms with Crippen molar-refractivity contribution in [2.24, 2.45) is 0 Å². The number of pyridine rings is 1.